The lowest BCUT2D eigenvalue weighted by Crippen LogP contribution is -3.00. The van der Waals surface area contributed by atoms with Gasteiger partial charge in [0.2, 0.25) is 11.2 Å². The Morgan fingerprint density at radius 3 is 2.57 bits per heavy atom. The van der Waals surface area contributed by atoms with Crippen LogP contribution in [0.25, 0.3) is 23.1 Å². The van der Waals surface area contributed by atoms with E-state index in [1.807, 2.05) is 0 Å². The van der Waals surface area contributed by atoms with Gasteiger partial charge in [-0.25, -0.2) is 0 Å². The van der Waals surface area contributed by atoms with Gasteiger partial charge >= 0.3 is 0 Å². The minimum atomic E-state index is 0. The maximum atomic E-state index is 3.49. The van der Waals surface area contributed by atoms with Crippen LogP contribution >= 0.6 is 0 Å². The third kappa shape index (κ3) is 4.04. The van der Waals surface area contributed by atoms with Crippen LogP contribution in [0.4, 0.5) is 5.69 Å². The average molecular weight is 480 g/mol. The van der Waals surface area contributed by atoms with Gasteiger partial charge in [-0.1, -0.05) is 49.4 Å². The molecule has 0 saturated carbocycles. The first-order chi connectivity index (χ1) is 13.3. The quantitative estimate of drug-likeness (QED) is 0.449. The number of rotatable bonds is 4. The Bertz CT molecular complexity index is 1080. The van der Waals surface area contributed by atoms with E-state index in [0.29, 0.717) is 0 Å². The van der Waals surface area contributed by atoms with Crippen molar-refractivity contribution in [1.29, 1.82) is 0 Å². The SMILES string of the molecule is CCc1cc2ccccc2[n+](CC)c1C=CC=C1C=Cc2ccccc2N1.[I-]. The summed E-state index contributed by atoms with van der Waals surface area (Å²) in [5.74, 6) is 0. The third-order valence-corrected chi connectivity index (χ3v) is 5.09. The van der Waals surface area contributed by atoms with Crippen LogP contribution < -0.4 is 33.9 Å². The molecule has 1 N–H and O–H groups in total. The molecule has 142 valence electrons. The first-order valence-corrected chi connectivity index (χ1v) is 9.67. The van der Waals surface area contributed by atoms with E-state index in [2.05, 4.69) is 109 Å². The van der Waals surface area contributed by atoms with Gasteiger partial charge in [-0.2, -0.15) is 4.57 Å². The van der Waals surface area contributed by atoms with E-state index in [0.717, 1.165) is 24.4 Å². The Morgan fingerprint density at radius 1 is 0.964 bits per heavy atom. The zero-order valence-corrected chi connectivity index (χ0v) is 18.5. The number of allylic oxidation sites excluding steroid dienone is 3. The van der Waals surface area contributed by atoms with Crippen molar-refractivity contribution in [3.63, 3.8) is 0 Å². The van der Waals surface area contributed by atoms with E-state index in [-0.39, 0.29) is 24.0 Å². The summed E-state index contributed by atoms with van der Waals surface area (Å²) in [6, 6.07) is 19.3. The summed E-state index contributed by atoms with van der Waals surface area (Å²) in [4.78, 5) is 0. The number of nitrogens with zero attached hydrogens (tertiary/aromatic N) is 1. The van der Waals surface area contributed by atoms with Crippen molar-refractivity contribution < 1.29 is 28.5 Å². The lowest BCUT2D eigenvalue weighted by Gasteiger charge is -2.14. The Balaban J connectivity index is 0.00000225. The second kappa shape index (κ2) is 9.20. The molecule has 1 aromatic heterocycles. The fraction of sp³-hybridized carbons (Fsp3) is 0.160. The topological polar surface area (TPSA) is 15.9 Å². The van der Waals surface area contributed by atoms with Gasteiger partial charge in [0.05, 0.1) is 0 Å². The molecule has 4 rings (SSSR count). The monoisotopic (exact) mass is 480 g/mol. The average Bonchev–Trinajstić information content (AvgIpc) is 2.73. The van der Waals surface area contributed by atoms with E-state index in [1.54, 1.807) is 0 Å². The molecule has 1 aliphatic heterocycles. The van der Waals surface area contributed by atoms with E-state index >= 15 is 0 Å². The molecule has 0 atom stereocenters. The van der Waals surface area contributed by atoms with Gasteiger partial charge in [0, 0.05) is 34.5 Å². The summed E-state index contributed by atoms with van der Waals surface area (Å²) >= 11 is 0. The predicted octanol–water partition coefficient (Wildman–Crippen LogP) is 2.75. The number of benzene rings is 2. The molecule has 28 heavy (non-hydrogen) atoms. The van der Waals surface area contributed by atoms with Gasteiger partial charge in [-0.15, -0.1) is 0 Å². The molecule has 0 radical (unpaired) electrons. The lowest BCUT2D eigenvalue weighted by atomic mass is 10.0. The normalized spacial score (nSPS) is 14.1. The van der Waals surface area contributed by atoms with Crippen molar-refractivity contribution in [2.24, 2.45) is 0 Å². The van der Waals surface area contributed by atoms with E-state index in [1.165, 1.54) is 27.7 Å². The largest absolute Gasteiger partial charge is 1.00 e. The molecule has 0 amide bonds. The molecule has 3 heteroatoms. The van der Waals surface area contributed by atoms with Crippen molar-refractivity contribution in [3.05, 3.63) is 95.3 Å². The molecule has 0 bridgehead atoms. The van der Waals surface area contributed by atoms with Gasteiger partial charge < -0.3 is 29.3 Å². The summed E-state index contributed by atoms with van der Waals surface area (Å²) < 4.78 is 2.41. The minimum Gasteiger partial charge on any atom is -1.00 e. The van der Waals surface area contributed by atoms with E-state index in [9.17, 15) is 0 Å². The van der Waals surface area contributed by atoms with Crippen LogP contribution in [0.3, 0.4) is 0 Å². The van der Waals surface area contributed by atoms with Crippen LogP contribution in [0.2, 0.25) is 0 Å². The molecular weight excluding hydrogens is 455 g/mol. The van der Waals surface area contributed by atoms with Crippen molar-refractivity contribution in [1.82, 2.24) is 0 Å². The fourth-order valence-electron chi connectivity index (χ4n) is 3.71. The van der Waals surface area contributed by atoms with Gasteiger partial charge in [0.1, 0.15) is 6.54 Å². The standard InChI is InChI=1S/C25H24N2.HI/c1-3-19-18-21-11-6-8-14-25(21)27(4-2)24(19)15-9-12-22-17-16-20-10-5-7-13-23(20)26-22;/h5-18H,3-4H2,1-2H3;1H. The highest BCUT2D eigenvalue weighted by Gasteiger charge is 2.16. The van der Waals surface area contributed by atoms with Crippen LogP contribution in [0.15, 0.2) is 78.5 Å². The van der Waals surface area contributed by atoms with E-state index < -0.39 is 0 Å². The molecule has 0 spiro atoms. The summed E-state index contributed by atoms with van der Waals surface area (Å²) in [6.07, 6.45) is 11.8. The van der Waals surface area contributed by atoms with Crippen LogP contribution in [0.1, 0.15) is 30.7 Å². The zero-order chi connectivity index (χ0) is 18.6. The summed E-state index contributed by atoms with van der Waals surface area (Å²) in [7, 11) is 0. The highest BCUT2D eigenvalue weighted by molar-refractivity contribution is 5.78. The zero-order valence-electron chi connectivity index (χ0n) is 16.3. The number of aryl methyl sites for hydroxylation is 2. The molecule has 2 nitrogen and oxygen atoms in total. The number of pyridine rings is 1. The molecule has 0 fully saturated rings. The van der Waals surface area contributed by atoms with Crippen molar-refractivity contribution >= 4 is 28.7 Å². The minimum absolute atomic E-state index is 0. The fourth-order valence-corrected chi connectivity index (χ4v) is 3.71. The Hall–Kier alpha value is -2.40. The first-order valence-electron chi connectivity index (χ1n) is 9.67. The maximum Gasteiger partial charge on any atom is 0.212 e. The van der Waals surface area contributed by atoms with Gasteiger partial charge in [0.25, 0.3) is 0 Å². The lowest BCUT2D eigenvalue weighted by molar-refractivity contribution is -0.669. The second-order valence-electron chi connectivity index (χ2n) is 6.74. The Kier molecular flexibility index (Phi) is 6.68. The number of halogens is 1. The molecule has 0 saturated heterocycles. The maximum absolute atomic E-state index is 3.49. The molecule has 1 aliphatic rings. The molecule has 2 heterocycles. The van der Waals surface area contributed by atoms with Crippen LogP contribution in [-0.4, -0.2) is 0 Å². The van der Waals surface area contributed by atoms with Gasteiger partial charge in [-0.3, -0.25) is 0 Å². The van der Waals surface area contributed by atoms with Gasteiger partial charge in [0.15, 0.2) is 0 Å². The Labute approximate surface area is 184 Å². The number of anilines is 1. The Morgan fingerprint density at radius 2 is 1.75 bits per heavy atom. The number of hydrogen-bond acceptors (Lipinski definition) is 1. The second-order valence-corrected chi connectivity index (χ2v) is 6.74. The molecular formula is C25H25IN2. The molecule has 0 aliphatic carbocycles. The predicted molar refractivity (Wildman–Crippen MR) is 115 cm³/mol. The van der Waals surface area contributed by atoms with Crippen molar-refractivity contribution in [3.8, 4) is 0 Å². The van der Waals surface area contributed by atoms with E-state index in [4.69, 9.17) is 0 Å². The van der Waals surface area contributed by atoms with Crippen LogP contribution in [0, 0.1) is 0 Å². The summed E-state index contributed by atoms with van der Waals surface area (Å²) in [6.45, 7) is 5.39. The first kappa shape index (κ1) is 20.3. The van der Waals surface area contributed by atoms with Crippen molar-refractivity contribution in [2.45, 2.75) is 26.8 Å². The van der Waals surface area contributed by atoms with Crippen LogP contribution in [-0.2, 0) is 13.0 Å². The highest BCUT2D eigenvalue weighted by Crippen LogP contribution is 2.24. The van der Waals surface area contributed by atoms with Gasteiger partial charge in [-0.05, 0) is 49.3 Å². The molecule has 0 unspecified atom stereocenters. The number of aromatic nitrogens is 1. The summed E-state index contributed by atoms with van der Waals surface area (Å²) in [5, 5.41) is 4.79. The number of nitrogens with one attached hydrogen (secondary N) is 1. The van der Waals surface area contributed by atoms with Crippen LogP contribution in [0.5, 0.6) is 0 Å². The number of fused-ring (bicyclic) bond motifs is 2. The summed E-state index contributed by atoms with van der Waals surface area (Å²) in [5.41, 5.74) is 7.44. The molecule has 2 aromatic carbocycles. The molecule has 3 aromatic rings. The van der Waals surface area contributed by atoms with Crippen molar-refractivity contribution in [2.75, 3.05) is 5.32 Å². The highest BCUT2D eigenvalue weighted by atomic mass is 127. The smallest absolute Gasteiger partial charge is 0.212 e. The third-order valence-electron chi connectivity index (χ3n) is 5.09. The number of hydrogen-bond donors (Lipinski definition) is 1. The number of para-hydroxylation sites is 2.